The van der Waals surface area contributed by atoms with Gasteiger partial charge in [-0.2, -0.15) is 0 Å². The number of benzene rings is 1. The number of carbonyl (C=O) groups is 2. The van der Waals surface area contributed by atoms with Crippen LogP contribution in [0.5, 0.6) is 0 Å². The number of ether oxygens (including phenoxy) is 1. The second-order valence-corrected chi connectivity index (χ2v) is 5.40. The van der Waals surface area contributed by atoms with E-state index in [1.54, 1.807) is 29.9 Å². The Hall–Kier alpha value is -2.56. The number of nitrogens with zero attached hydrogens (tertiary/aromatic N) is 1. The molecule has 0 radical (unpaired) electrons. The molecule has 1 amide bonds. The van der Waals surface area contributed by atoms with Crippen molar-refractivity contribution in [3.63, 3.8) is 0 Å². The summed E-state index contributed by atoms with van der Waals surface area (Å²) in [6.07, 6.45) is 3.54. The minimum Gasteiger partial charge on any atom is -0.451 e. The van der Waals surface area contributed by atoms with Crippen molar-refractivity contribution in [2.45, 2.75) is 25.8 Å². The minimum absolute atomic E-state index is 0.0672. The van der Waals surface area contributed by atoms with Crippen LogP contribution in [0.4, 0.5) is 0 Å². The number of hydrogen-bond acceptors (Lipinski definition) is 3. The quantitative estimate of drug-likeness (QED) is 0.799. The van der Waals surface area contributed by atoms with Crippen LogP contribution >= 0.6 is 0 Å². The molecule has 0 bridgehead atoms. The van der Waals surface area contributed by atoms with Gasteiger partial charge in [0.1, 0.15) is 5.69 Å². The molecular formula is C18H22N2O3. The fraction of sp³-hybridized carbons (Fsp3) is 0.333. The molecule has 0 aliphatic heterocycles. The molecule has 1 aromatic heterocycles. The van der Waals surface area contributed by atoms with Gasteiger partial charge in [0.25, 0.3) is 5.91 Å². The smallest absolute Gasteiger partial charge is 0.355 e. The lowest BCUT2D eigenvalue weighted by Gasteiger charge is -2.18. The SMILES string of the molecule is CCC[C@@H](NC(=O)COC(=O)c1cccn1C)c1ccccc1. The third-order valence-electron chi connectivity index (χ3n) is 3.60. The largest absolute Gasteiger partial charge is 0.451 e. The van der Waals surface area contributed by atoms with Crippen LogP contribution in [0.2, 0.25) is 0 Å². The molecular weight excluding hydrogens is 292 g/mol. The summed E-state index contributed by atoms with van der Waals surface area (Å²) in [5.41, 5.74) is 1.47. The molecule has 5 heteroatoms. The van der Waals surface area contributed by atoms with Crippen molar-refractivity contribution >= 4 is 11.9 Å². The van der Waals surface area contributed by atoms with E-state index in [2.05, 4.69) is 12.2 Å². The lowest BCUT2D eigenvalue weighted by atomic mass is 10.0. The molecule has 0 fully saturated rings. The predicted octanol–water partition coefficient (Wildman–Crippen LogP) is 2.84. The lowest BCUT2D eigenvalue weighted by molar-refractivity contribution is -0.125. The standard InChI is InChI=1S/C18H22N2O3/c1-3-8-15(14-9-5-4-6-10-14)19-17(21)13-23-18(22)16-11-7-12-20(16)2/h4-7,9-12,15H,3,8,13H2,1-2H3,(H,19,21)/t15-/m1/s1. The molecule has 1 heterocycles. The highest BCUT2D eigenvalue weighted by Gasteiger charge is 2.16. The van der Waals surface area contributed by atoms with Crippen LogP contribution in [0.15, 0.2) is 48.7 Å². The number of nitrogens with one attached hydrogen (secondary N) is 1. The summed E-state index contributed by atoms with van der Waals surface area (Å²) in [6, 6.07) is 13.1. The maximum Gasteiger partial charge on any atom is 0.355 e. The first kappa shape index (κ1) is 16.8. The lowest BCUT2D eigenvalue weighted by Crippen LogP contribution is -2.32. The Morgan fingerprint density at radius 2 is 1.91 bits per heavy atom. The Labute approximate surface area is 136 Å². The van der Waals surface area contributed by atoms with Gasteiger partial charge < -0.3 is 14.6 Å². The zero-order chi connectivity index (χ0) is 16.7. The van der Waals surface area contributed by atoms with Gasteiger partial charge in [-0.25, -0.2) is 4.79 Å². The van der Waals surface area contributed by atoms with E-state index in [1.807, 2.05) is 30.3 Å². The molecule has 122 valence electrons. The molecule has 0 aliphatic rings. The maximum absolute atomic E-state index is 12.1. The van der Waals surface area contributed by atoms with Crippen molar-refractivity contribution in [1.29, 1.82) is 0 Å². The molecule has 5 nitrogen and oxygen atoms in total. The second-order valence-electron chi connectivity index (χ2n) is 5.40. The average molecular weight is 314 g/mol. The van der Waals surface area contributed by atoms with Crippen LogP contribution in [0.1, 0.15) is 41.9 Å². The Bertz CT molecular complexity index is 649. The van der Waals surface area contributed by atoms with E-state index < -0.39 is 5.97 Å². The van der Waals surface area contributed by atoms with Crippen molar-refractivity contribution in [2.24, 2.45) is 7.05 Å². The first-order valence-electron chi connectivity index (χ1n) is 7.74. The van der Waals surface area contributed by atoms with E-state index in [9.17, 15) is 9.59 Å². The second kappa shape index (κ2) is 8.17. The minimum atomic E-state index is -0.501. The summed E-state index contributed by atoms with van der Waals surface area (Å²) < 4.78 is 6.73. The zero-order valence-corrected chi connectivity index (χ0v) is 13.5. The van der Waals surface area contributed by atoms with Gasteiger partial charge in [-0.1, -0.05) is 43.7 Å². The third-order valence-corrected chi connectivity index (χ3v) is 3.60. The molecule has 0 unspecified atom stereocenters. The molecule has 0 spiro atoms. The van der Waals surface area contributed by atoms with E-state index in [1.165, 1.54) is 0 Å². The Kier molecular flexibility index (Phi) is 5.97. The molecule has 1 atom stereocenters. The topological polar surface area (TPSA) is 60.3 Å². The van der Waals surface area contributed by atoms with Gasteiger partial charge in [-0.15, -0.1) is 0 Å². The van der Waals surface area contributed by atoms with Crippen LogP contribution in [-0.4, -0.2) is 23.1 Å². The van der Waals surface area contributed by atoms with Crippen molar-refractivity contribution in [3.05, 3.63) is 59.9 Å². The van der Waals surface area contributed by atoms with Crippen LogP contribution in [-0.2, 0) is 16.6 Å². The van der Waals surface area contributed by atoms with E-state index in [4.69, 9.17) is 4.74 Å². The van der Waals surface area contributed by atoms with Crippen molar-refractivity contribution in [3.8, 4) is 0 Å². The summed E-state index contributed by atoms with van der Waals surface area (Å²) in [6.45, 7) is 1.79. The van der Waals surface area contributed by atoms with Crippen molar-refractivity contribution < 1.29 is 14.3 Å². The molecule has 0 saturated carbocycles. The zero-order valence-electron chi connectivity index (χ0n) is 13.5. The van der Waals surface area contributed by atoms with Crippen molar-refractivity contribution in [1.82, 2.24) is 9.88 Å². The Balaban J connectivity index is 1.90. The number of amides is 1. The molecule has 1 aromatic carbocycles. The van der Waals surface area contributed by atoms with Crippen LogP contribution < -0.4 is 5.32 Å². The number of aromatic nitrogens is 1. The third kappa shape index (κ3) is 4.71. The summed E-state index contributed by atoms with van der Waals surface area (Å²) in [4.78, 5) is 24.0. The van der Waals surface area contributed by atoms with Crippen LogP contribution in [0.25, 0.3) is 0 Å². The van der Waals surface area contributed by atoms with Gasteiger partial charge in [0.15, 0.2) is 6.61 Å². The highest BCUT2D eigenvalue weighted by Crippen LogP contribution is 2.17. The van der Waals surface area contributed by atoms with Gasteiger partial charge >= 0.3 is 5.97 Å². The van der Waals surface area contributed by atoms with Gasteiger partial charge in [-0.3, -0.25) is 4.79 Å². The van der Waals surface area contributed by atoms with E-state index in [0.29, 0.717) is 5.69 Å². The van der Waals surface area contributed by atoms with Crippen LogP contribution in [0.3, 0.4) is 0 Å². The first-order chi connectivity index (χ1) is 11.1. The molecule has 0 aliphatic carbocycles. The number of rotatable bonds is 7. The number of hydrogen-bond donors (Lipinski definition) is 1. The maximum atomic E-state index is 12.1. The van der Waals surface area contributed by atoms with Gasteiger partial charge in [0.2, 0.25) is 0 Å². The average Bonchev–Trinajstić information content (AvgIpc) is 2.99. The number of carbonyl (C=O) groups excluding carboxylic acids is 2. The highest BCUT2D eigenvalue weighted by molar-refractivity contribution is 5.90. The summed E-state index contributed by atoms with van der Waals surface area (Å²) in [7, 11) is 1.75. The van der Waals surface area contributed by atoms with Gasteiger partial charge in [0, 0.05) is 13.2 Å². The molecule has 23 heavy (non-hydrogen) atoms. The predicted molar refractivity (Wildman–Crippen MR) is 87.9 cm³/mol. The van der Waals surface area contributed by atoms with E-state index in [-0.39, 0.29) is 18.6 Å². The monoisotopic (exact) mass is 314 g/mol. The van der Waals surface area contributed by atoms with Gasteiger partial charge in [0.05, 0.1) is 6.04 Å². The summed E-state index contributed by atoms with van der Waals surface area (Å²) in [5, 5.41) is 2.93. The van der Waals surface area contributed by atoms with Crippen LogP contribution in [0, 0.1) is 0 Å². The molecule has 1 N–H and O–H groups in total. The summed E-state index contributed by atoms with van der Waals surface area (Å²) >= 11 is 0. The molecule has 2 aromatic rings. The normalized spacial score (nSPS) is 11.7. The fourth-order valence-corrected chi connectivity index (χ4v) is 2.41. The molecule has 2 rings (SSSR count). The Morgan fingerprint density at radius 1 is 1.17 bits per heavy atom. The number of aryl methyl sites for hydroxylation is 1. The van der Waals surface area contributed by atoms with Gasteiger partial charge in [-0.05, 0) is 24.1 Å². The number of esters is 1. The summed E-state index contributed by atoms with van der Waals surface area (Å²) in [5.74, 6) is -0.797. The van der Waals surface area contributed by atoms with Crippen molar-refractivity contribution in [2.75, 3.05) is 6.61 Å². The van der Waals surface area contributed by atoms with E-state index >= 15 is 0 Å². The molecule has 0 saturated heterocycles. The van der Waals surface area contributed by atoms with E-state index in [0.717, 1.165) is 18.4 Å². The first-order valence-corrected chi connectivity index (χ1v) is 7.74. The Morgan fingerprint density at radius 3 is 2.52 bits per heavy atom. The highest BCUT2D eigenvalue weighted by atomic mass is 16.5. The fourth-order valence-electron chi connectivity index (χ4n) is 2.41.